The lowest BCUT2D eigenvalue weighted by Gasteiger charge is -2.29. The molecule has 0 bridgehead atoms. The van der Waals surface area contributed by atoms with Crippen LogP contribution in [0.25, 0.3) is 10.8 Å². The Morgan fingerprint density at radius 3 is 2.40 bits per heavy atom. The van der Waals surface area contributed by atoms with Gasteiger partial charge in [0.1, 0.15) is 11.6 Å². The molecule has 2 heterocycles. The number of hydrogen-bond donors (Lipinski definition) is 1. The van der Waals surface area contributed by atoms with Crippen molar-refractivity contribution in [2.45, 2.75) is 6.92 Å². The second-order valence-electron chi connectivity index (χ2n) is 7.87. The van der Waals surface area contributed by atoms with E-state index < -0.39 is 5.82 Å². The summed E-state index contributed by atoms with van der Waals surface area (Å²) in [5.74, 6) is -0.0227. The van der Waals surface area contributed by atoms with Crippen LogP contribution in [0, 0.1) is 5.82 Å². The first-order valence-electron chi connectivity index (χ1n) is 11.6. The number of nitrogens with zero attached hydrogens (tertiary/aromatic N) is 2. The highest BCUT2D eigenvalue weighted by Crippen LogP contribution is 2.32. The molecule has 6 nitrogen and oxygen atoms in total. The Hall–Kier alpha value is -3.97. The molecule has 1 aromatic heterocycles. The molecule has 1 aliphatic heterocycles. The zero-order chi connectivity index (χ0) is 24.5. The fraction of sp³-hybridized carbons (Fsp3) is 0.214. The molecule has 1 fully saturated rings. The number of fused-ring (bicyclic) bond motifs is 1. The molecule has 0 atom stereocenters. The number of anilines is 2. The van der Waals surface area contributed by atoms with Crippen molar-refractivity contribution in [1.82, 2.24) is 4.98 Å². The third-order valence-corrected chi connectivity index (χ3v) is 5.52. The molecule has 0 aliphatic carbocycles. The average molecular weight is 474 g/mol. The van der Waals surface area contributed by atoms with E-state index in [0.29, 0.717) is 44.3 Å². The summed E-state index contributed by atoms with van der Waals surface area (Å²) in [5, 5.41) is 4.71. The summed E-state index contributed by atoms with van der Waals surface area (Å²) in [6.45, 7) is 5.03. The van der Waals surface area contributed by atoms with Crippen molar-refractivity contribution in [3.8, 4) is 5.75 Å². The van der Waals surface area contributed by atoms with Gasteiger partial charge in [0.2, 0.25) is 0 Å². The number of aromatic nitrogens is 1. The Morgan fingerprint density at radius 2 is 1.74 bits per heavy atom. The second-order valence-corrected chi connectivity index (χ2v) is 7.87. The monoisotopic (exact) mass is 473 g/mol. The van der Waals surface area contributed by atoms with Crippen LogP contribution < -0.4 is 15.0 Å². The fourth-order valence-corrected chi connectivity index (χ4v) is 3.88. The number of carbonyl (C=O) groups excluding carboxylic acids is 1. The molecule has 0 saturated carbocycles. The number of ether oxygens (including phenoxy) is 2. The van der Waals surface area contributed by atoms with Crippen LogP contribution in [0.5, 0.6) is 5.75 Å². The number of nitrogens with one attached hydrogen (secondary N) is 1. The molecule has 3 aromatic carbocycles. The van der Waals surface area contributed by atoms with Crippen LogP contribution >= 0.6 is 0 Å². The Labute approximate surface area is 204 Å². The number of hydrogen-bond acceptors (Lipinski definition) is 5. The normalized spacial score (nSPS) is 13.0. The van der Waals surface area contributed by atoms with Crippen molar-refractivity contribution in [2.24, 2.45) is 0 Å². The molecule has 1 saturated heterocycles. The first-order valence-corrected chi connectivity index (χ1v) is 11.6. The predicted octanol–water partition coefficient (Wildman–Crippen LogP) is 5.55. The molecule has 1 N–H and O–H groups in total. The van der Waals surface area contributed by atoms with Gasteiger partial charge < -0.3 is 19.7 Å². The zero-order valence-corrected chi connectivity index (χ0v) is 19.6. The molecule has 0 radical (unpaired) electrons. The molecule has 4 aromatic rings. The minimum Gasteiger partial charge on any atom is -0.493 e. The molecule has 0 unspecified atom stereocenters. The van der Waals surface area contributed by atoms with E-state index in [4.69, 9.17) is 9.47 Å². The van der Waals surface area contributed by atoms with Crippen LogP contribution in [-0.4, -0.2) is 43.8 Å². The van der Waals surface area contributed by atoms with Gasteiger partial charge in [-0.1, -0.05) is 30.3 Å². The standard InChI is InChI=1S/C23H23FN2O3.C5H5N/c1-2-29-22-8-7-21(19-5-3-4-6-20(19)22)25-23(27)16-13-17(24)15-18(14-16)26-9-11-28-12-10-26;1-2-4-6-5-3-1/h3-8,13-15H,2,9-12H2,1H3,(H,25,27);1-5H. The highest BCUT2D eigenvalue weighted by Gasteiger charge is 2.16. The van der Waals surface area contributed by atoms with Gasteiger partial charge in [-0.15, -0.1) is 0 Å². The summed E-state index contributed by atoms with van der Waals surface area (Å²) < 4.78 is 25.3. The maximum absolute atomic E-state index is 14.2. The summed E-state index contributed by atoms with van der Waals surface area (Å²) in [6.07, 6.45) is 3.50. The van der Waals surface area contributed by atoms with Crippen molar-refractivity contribution in [2.75, 3.05) is 43.1 Å². The summed E-state index contributed by atoms with van der Waals surface area (Å²) in [5.41, 5.74) is 1.63. The third kappa shape index (κ3) is 6.33. The summed E-state index contributed by atoms with van der Waals surface area (Å²) in [6, 6.07) is 21.5. The fourth-order valence-electron chi connectivity index (χ4n) is 3.88. The van der Waals surface area contributed by atoms with Gasteiger partial charge in [0.05, 0.1) is 19.8 Å². The predicted molar refractivity (Wildman–Crippen MR) is 137 cm³/mol. The number of rotatable bonds is 5. The number of morpholine rings is 1. The van der Waals surface area contributed by atoms with Crippen molar-refractivity contribution in [3.05, 3.63) is 96.6 Å². The summed E-state index contributed by atoms with van der Waals surface area (Å²) >= 11 is 0. The highest BCUT2D eigenvalue weighted by molar-refractivity contribution is 6.10. The van der Waals surface area contributed by atoms with E-state index in [2.05, 4.69) is 10.3 Å². The lowest BCUT2D eigenvalue weighted by Crippen LogP contribution is -2.36. The highest BCUT2D eigenvalue weighted by atomic mass is 19.1. The molecular weight excluding hydrogens is 445 g/mol. The zero-order valence-electron chi connectivity index (χ0n) is 19.6. The quantitative estimate of drug-likeness (QED) is 0.412. The molecule has 0 spiro atoms. The third-order valence-electron chi connectivity index (χ3n) is 5.52. The number of benzene rings is 3. The van der Waals surface area contributed by atoms with E-state index in [1.54, 1.807) is 18.5 Å². The number of amides is 1. The van der Waals surface area contributed by atoms with Gasteiger partial charge in [0.25, 0.3) is 5.91 Å². The van der Waals surface area contributed by atoms with Gasteiger partial charge in [-0.25, -0.2) is 4.39 Å². The van der Waals surface area contributed by atoms with E-state index in [0.717, 1.165) is 16.5 Å². The van der Waals surface area contributed by atoms with Crippen molar-refractivity contribution in [3.63, 3.8) is 0 Å². The van der Waals surface area contributed by atoms with Crippen LogP contribution in [-0.2, 0) is 4.74 Å². The second kappa shape index (κ2) is 11.9. The average Bonchev–Trinajstić information content (AvgIpc) is 2.91. The topological polar surface area (TPSA) is 63.7 Å². The molecule has 7 heteroatoms. The lowest BCUT2D eigenvalue weighted by molar-refractivity contribution is 0.102. The van der Waals surface area contributed by atoms with Crippen LogP contribution in [0.1, 0.15) is 17.3 Å². The Bertz CT molecular complexity index is 1230. The Balaban J connectivity index is 0.000000421. The van der Waals surface area contributed by atoms with E-state index in [-0.39, 0.29) is 11.5 Å². The molecule has 1 aliphatic rings. The summed E-state index contributed by atoms with van der Waals surface area (Å²) in [7, 11) is 0. The van der Waals surface area contributed by atoms with Crippen molar-refractivity contribution < 1.29 is 18.7 Å². The Morgan fingerprint density at radius 1 is 1.00 bits per heavy atom. The van der Waals surface area contributed by atoms with Crippen LogP contribution in [0.2, 0.25) is 0 Å². The van der Waals surface area contributed by atoms with E-state index in [9.17, 15) is 9.18 Å². The van der Waals surface area contributed by atoms with Crippen LogP contribution in [0.4, 0.5) is 15.8 Å². The lowest BCUT2D eigenvalue weighted by atomic mass is 10.1. The van der Waals surface area contributed by atoms with E-state index >= 15 is 0 Å². The number of carbonyl (C=O) groups is 1. The van der Waals surface area contributed by atoms with E-state index in [1.807, 2.05) is 66.4 Å². The van der Waals surface area contributed by atoms with Gasteiger partial charge >= 0.3 is 0 Å². The first kappa shape index (κ1) is 24.2. The van der Waals surface area contributed by atoms with Gasteiger partial charge in [-0.2, -0.15) is 0 Å². The Kier molecular flexibility index (Phi) is 8.25. The number of halogens is 1. The molecular formula is C28H28FN3O3. The van der Waals surface area contributed by atoms with Crippen molar-refractivity contribution >= 4 is 28.1 Å². The summed E-state index contributed by atoms with van der Waals surface area (Å²) in [4.78, 5) is 18.7. The molecule has 35 heavy (non-hydrogen) atoms. The molecule has 1 amide bonds. The van der Waals surface area contributed by atoms with Gasteiger partial charge in [-0.3, -0.25) is 9.78 Å². The maximum atomic E-state index is 14.2. The molecule has 5 rings (SSSR count). The number of pyridine rings is 1. The minimum atomic E-state index is -0.435. The maximum Gasteiger partial charge on any atom is 0.255 e. The SMILES string of the molecule is CCOc1ccc(NC(=O)c2cc(F)cc(N3CCOCC3)c2)c2ccccc12.c1ccncc1. The van der Waals surface area contributed by atoms with Gasteiger partial charge in [0, 0.05) is 53.2 Å². The van der Waals surface area contributed by atoms with E-state index in [1.165, 1.54) is 12.1 Å². The first-order chi connectivity index (χ1) is 17.2. The largest absolute Gasteiger partial charge is 0.493 e. The van der Waals surface area contributed by atoms with Crippen LogP contribution in [0.3, 0.4) is 0 Å². The smallest absolute Gasteiger partial charge is 0.255 e. The minimum absolute atomic E-state index is 0.282. The van der Waals surface area contributed by atoms with Crippen LogP contribution in [0.15, 0.2) is 85.2 Å². The van der Waals surface area contributed by atoms with Crippen molar-refractivity contribution in [1.29, 1.82) is 0 Å². The van der Waals surface area contributed by atoms with Gasteiger partial charge in [0.15, 0.2) is 0 Å². The molecule has 180 valence electrons. The van der Waals surface area contributed by atoms with Gasteiger partial charge in [-0.05, 0) is 49.4 Å².